The predicted octanol–water partition coefficient (Wildman–Crippen LogP) is 2.92. The van der Waals surface area contributed by atoms with E-state index in [4.69, 9.17) is 0 Å². The van der Waals surface area contributed by atoms with Crippen molar-refractivity contribution < 1.29 is 9.59 Å². The van der Waals surface area contributed by atoms with Crippen LogP contribution in [0.3, 0.4) is 0 Å². The summed E-state index contributed by atoms with van der Waals surface area (Å²) in [5, 5.41) is 9.05. The quantitative estimate of drug-likeness (QED) is 0.724. The Morgan fingerprint density at radius 2 is 1.91 bits per heavy atom. The molecule has 0 saturated heterocycles. The summed E-state index contributed by atoms with van der Waals surface area (Å²) in [6.45, 7) is 8.35. The SMILES string of the molecule is Cc1ccc(NC(=O)C2CC2)cc1NCC(=O)NC(C)C(C)C. The number of carbonyl (C=O) groups is 2. The second-order valence-corrected chi connectivity index (χ2v) is 6.75. The van der Waals surface area contributed by atoms with E-state index in [9.17, 15) is 9.59 Å². The Morgan fingerprint density at radius 1 is 1.22 bits per heavy atom. The van der Waals surface area contributed by atoms with Gasteiger partial charge in [-0.25, -0.2) is 0 Å². The Labute approximate surface area is 138 Å². The molecule has 1 aliphatic rings. The summed E-state index contributed by atoms with van der Waals surface area (Å²) in [5.74, 6) is 0.638. The zero-order valence-corrected chi connectivity index (χ0v) is 14.4. The molecule has 1 aromatic carbocycles. The molecule has 0 radical (unpaired) electrons. The largest absolute Gasteiger partial charge is 0.376 e. The first-order valence-corrected chi connectivity index (χ1v) is 8.31. The van der Waals surface area contributed by atoms with Gasteiger partial charge < -0.3 is 16.0 Å². The molecular weight excluding hydrogens is 290 g/mol. The minimum atomic E-state index is -0.0296. The number of aryl methyl sites for hydroxylation is 1. The molecule has 1 saturated carbocycles. The van der Waals surface area contributed by atoms with Gasteiger partial charge in [0, 0.05) is 23.3 Å². The van der Waals surface area contributed by atoms with Crippen molar-refractivity contribution in [1.29, 1.82) is 0 Å². The van der Waals surface area contributed by atoms with Gasteiger partial charge in [-0.3, -0.25) is 9.59 Å². The molecule has 1 aromatic rings. The summed E-state index contributed by atoms with van der Waals surface area (Å²) in [7, 11) is 0. The van der Waals surface area contributed by atoms with E-state index in [-0.39, 0.29) is 30.3 Å². The fourth-order valence-corrected chi connectivity index (χ4v) is 2.13. The van der Waals surface area contributed by atoms with E-state index in [1.54, 1.807) is 0 Å². The Hall–Kier alpha value is -2.04. The standard InChI is InChI=1S/C18H27N3O2/c1-11(2)13(4)20-17(22)10-19-16-9-15(8-5-12(16)3)21-18(23)14-6-7-14/h5,8-9,11,13-14,19H,6-7,10H2,1-4H3,(H,20,22)(H,21,23). The van der Waals surface area contributed by atoms with Gasteiger partial charge in [-0.15, -0.1) is 0 Å². The molecule has 2 amide bonds. The molecule has 1 fully saturated rings. The number of rotatable bonds is 7. The third kappa shape index (κ3) is 5.27. The van der Waals surface area contributed by atoms with Crippen molar-refractivity contribution in [2.24, 2.45) is 11.8 Å². The number of amides is 2. The number of hydrogen-bond donors (Lipinski definition) is 3. The van der Waals surface area contributed by atoms with Gasteiger partial charge >= 0.3 is 0 Å². The first-order valence-electron chi connectivity index (χ1n) is 8.31. The lowest BCUT2D eigenvalue weighted by Crippen LogP contribution is -2.39. The number of nitrogens with one attached hydrogen (secondary N) is 3. The van der Waals surface area contributed by atoms with Crippen LogP contribution in [-0.4, -0.2) is 24.4 Å². The molecular formula is C18H27N3O2. The van der Waals surface area contributed by atoms with Crippen LogP contribution in [0.1, 0.15) is 39.2 Å². The third-order valence-electron chi connectivity index (χ3n) is 4.28. The van der Waals surface area contributed by atoms with Crippen LogP contribution in [0.25, 0.3) is 0 Å². The Morgan fingerprint density at radius 3 is 2.52 bits per heavy atom. The Kier molecular flexibility index (Phi) is 5.64. The molecule has 1 atom stereocenters. The first kappa shape index (κ1) is 17.3. The highest BCUT2D eigenvalue weighted by molar-refractivity contribution is 5.94. The van der Waals surface area contributed by atoms with Gasteiger partial charge in [0.05, 0.1) is 6.54 Å². The summed E-state index contributed by atoms with van der Waals surface area (Å²) in [5.41, 5.74) is 2.68. The monoisotopic (exact) mass is 317 g/mol. The molecule has 0 aromatic heterocycles. The van der Waals surface area contributed by atoms with Crippen LogP contribution in [0.2, 0.25) is 0 Å². The van der Waals surface area contributed by atoms with Crippen molar-refractivity contribution in [3.8, 4) is 0 Å². The van der Waals surface area contributed by atoms with Crippen LogP contribution in [-0.2, 0) is 9.59 Å². The maximum absolute atomic E-state index is 12.0. The fraction of sp³-hybridized carbons (Fsp3) is 0.556. The Bertz CT molecular complexity index is 580. The molecule has 2 rings (SSSR count). The summed E-state index contributed by atoms with van der Waals surface area (Å²) in [6.07, 6.45) is 1.97. The second kappa shape index (κ2) is 7.49. The van der Waals surface area contributed by atoms with E-state index in [1.807, 2.05) is 32.0 Å². The molecule has 0 spiro atoms. The molecule has 0 heterocycles. The van der Waals surface area contributed by atoms with E-state index < -0.39 is 0 Å². The van der Waals surface area contributed by atoms with Gasteiger partial charge in [-0.1, -0.05) is 19.9 Å². The summed E-state index contributed by atoms with van der Waals surface area (Å²) in [6, 6.07) is 5.87. The van der Waals surface area contributed by atoms with Crippen LogP contribution >= 0.6 is 0 Å². The number of benzene rings is 1. The van der Waals surface area contributed by atoms with Gasteiger partial charge in [0.15, 0.2) is 0 Å². The lowest BCUT2D eigenvalue weighted by Gasteiger charge is -2.18. The van der Waals surface area contributed by atoms with Gasteiger partial charge in [0.2, 0.25) is 11.8 Å². The average Bonchev–Trinajstić information content (AvgIpc) is 3.32. The molecule has 0 bridgehead atoms. The van der Waals surface area contributed by atoms with Crippen molar-refractivity contribution in [3.63, 3.8) is 0 Å². The molecule has 3 N–H and O–H groups in total. The molecule has 23 heavy (non-hydrogen) atoms. The highest BCUT2D eigenvalue weighted by atomic mass is 16.2. The summed E-state index contributed by atoms with van der Waals surface area (Å²) < 4.78 is 0. The molecule has 126 valence electrons. The lowest BCUT2D eigenvalue weighted by molar-refractivity contribution is -0.120. The number of anilines is 2. The van der Waals surface area contributed by atoms with Crippen molar-refractivity contribution in [2.45, 2.75) is 46.6 Å². The highest BCUT2D eigenvalue weighted by Crippen LogP contribution is 2.30. The average molecular weight is 317 g/mol. The van der Waals surface area contributed by atoms with Gasteiger partial charge in [0.25, 0.3) is 0 Å². The molecule has 1 aliphatic carbocycles. The maximum atomic E-state index is 12.0. The van der Waals surface area contributed by atoms with Crippen LogP contribution in [0.4, 0.5) is 11.4 Å². The van der Waals surface area contributed by atoms with E-state index in [2.05, 4.69) is 29.8 Å². The topological polar surface area (TPSA) is 70.2 Å². The van der Waals surface area contributed by atoms with Crippen molar-refractivity contribution in [2.75, 3.05) is 17.2 Å². The zero-order valence-electron chi connectivity index (χ0n) is 14.4. The minimum Gasteiger partial charge on any atom is -0.376 e. The van der Waals surface area contributed by atoms with Crippen LogP contribution in [0.15, 0.2) is 18.2 Å². The zero-order chi connectivity index (χ0) is 17.0. The predicted molar refractivity (Wildman–Crippen MR) is 93.5 cm³/mol. The number of hydrogen-bond acceptors (Lipinski definition) is 3. The van der Waals surface area contributed by atoms with E-state index in [0.29, 0.717) is 5.92 Å². The van der Waals surface area contributed by atoms with Crippen LogP contribution < -0.4 is 16.0 Å². The third-order valence-corrected chi connectivity index (χ3v) is 4.28. The van der Waals surface area contributed by atoms with Gasteiger partial charge in [0.1, 0.15) is 0 Å². The minimum absolute atomic E-state index is 0.0296. The molecule has 1 unspecified atom stereocenters. The molecule has 5 nitrogen and oxygen atoms in total. The van der Waals surface area contributed by atoms with Crippen LogP contribution in [0.5, 0.6) is 0 Å². The maximum Gasteiger partial charge on any atom is 0.239 e. The van der Waals surface area contributed by atoms with Crippen molar-refractivity contribution >= 4 is 23.2 Å². The summed E-state index contributed by atoms with van der Waals surface area (Å²) >= 11 is 0. The number of carbonyl (C=O) groups excluding carboxylic acids is 2. The molecule has 0 aliphatic heterocycles. The van der Waals surface area contributed by atoms with E-state index in [1.165, 1.54) is 0 Å². The lowest BCUT2D eigenvalue weighted by atomic mass is 10.1. The first-order chi connectivity index (χ1) is 10.9. The van der Waals surface area contributed by atoms with Gasteiger partial charge in [-0.2, -0.15) is 0 Å². The summed E-state index contributed by atoms with van der Waals surface area (Å²) in [4.78, 5) is 23.8. The Balaban J connectivity index is 1.90. The highest BCUT2D eigenvalue weighted by Gasteiger charge is 2.29. The van der Waals surface area contributed by atoms with Crippen molar-refractivity contribution in [1.82, 2.24) is 5.32 Å². The van der Waals surface area contributed by atoms with Crippen LogP contribution in [0, 0.1) is 18.8 Å². The van der Waals surface area contributed by atoms with E-state index in [0.717, 1.165) is 29.8 Å². The fourth-order valence-electron chi connectivity index (χ4n) is 2.13. The normalized spacial score (nSPS) is 15.2. The smallest absolute Gasteiger partial charge is 0.239 e. The second-order valence-electron chi connectivity index (χ2n) is 6.75. The van der Waals surface area contributed by atoms with E-state index >= 15 is 0 Å². The molecule has 5 heteroatoms. The van der Waals surface area contributed by atoms with Crippen molar-refractivity contribution in [3.05, 3.63) is 23.8 Å². The van der Waals surface area contributed by atoms with Gasteiger partial charge in [-0.05, 0) is 50.3 Å².